The van der Waals surface area contributed by atoms with E-state index in [2.05, 4.69) is 0 Å². The van der Waals surface area contributed by atoms with Gasteiger partial charge in [0.05, 0.1) is 5.56 Å². The molecule has 0 bridgehead atoms. The monoisotopic (exact) mass is 427 g/mol. The van der Waals surface area contributed by atoms with Crippen molar-refractivity contribution in [2.24, 2.45) is 0 Å². The van der Waals surface area contributed by atoms with E-state index < -0.39 is 5.97 Å². The van der Waals surface area contributed by atoms with E-state index in [1.54, 1.807) is 12.1 Å². The smallest absolute Gasteiger partial charge is 0.338 e. The van der Waals surface area contributed by atoms with Gasteiger partial charge >= 0.3 is 5.97 Å². The average molecular weight is 427 g/mol. The molecule has 0 saturated heterocycles. The first kappa shape index (κ1) is 19.9. The first-order chi connectivity index (χ1) is 15.5. The van der Waals surface area contributed by atoms with E-state index >= 15 is 0 Å². The fraction of sp³-hybridized carbons (Fsp3) is 0.154. The third-order valence-electron chi connectivity index (χ3n) is 5.67. The van der Waals surface area contributed by atoms with Gasteiger partial charge in [0.15, 0.2) is 18.1 Å². The van der Waals surface area contributed by atoms with Crippen LogP contribution < -0.4 is 9.47 Å². The predicted octanol–water partition coefficient (Wildman–Crippen LogP) is 5.02. The molecule has 0 amide bonds. The molecule has 0 N–H and O–H groups in total. The Bertz CT molecular complexity index is 1370. The molecule has 1 aromatic heterocycles. The quantitative estimate of drug-likeness (QED) is 0.331. The third-order valence-corrected chi connectivity index (χ3v) is 5.67. The summed E-state index contributed by atoms with van der Waals surface area (Å²) in [7, 11) is 0. The van der Waals surface area contributed by atoms with Crippen molar-refractivity contribution in [3.05, 3.63) is 89.2 Å². The van der Waals surface area contributed by atoms with Crippen molar-refractivity contribution in [3.8, 4) is 17.2 Å². The molecular weight excluding hydrogens is 406 g/mol. The third kappa shape index (κ3) is 3.50. The molecule has 1 aliphatic rings. The van der Waals surface area contributed by atoms with Crippen molar-refractivity contribution < 1.29 is 23.8 Å². The molecule has 0 saturated carbocycles. The lowest BCUT2D eigenvalue weighted by Crippen LogP contribution is -2.15. The van der Waals surface area contributed by atoms with E-state index in [0.29, 0.717) is 22.6 Å². The molecule has 1 aliphatic heterocycles. The second-order valence-electron chi connectivity index (χ2n) is 7.72. The van der Waals surface area contributed by atoms with Gasteiger partial charge in [-0.05, 0) is 55.0 Å². The first-order valence-electron chi connectivity index (χ1n) is 10.3. The number of Topliss-reactive ketones (excluding diaryl/α,β-unsaturated/α-hetero) is 1. The number of carbonyl (C=O) groups is 2. The van der Waals surface area contributed by atoms with Crippen LogP contribution in [-0.2, 0) is 4.74 Å². The Morgan fingerprint density at radius 3 is 2.53 bits per heavy atom. The van der Waals surface area contributed by atoms with Gasteiger partial charge in [0.25, 0.3) is 0 Å². The summed E-state index contributed by atoms with van der Waals surface area (Å²) < 4.78 is 18.1. The molecule has 0 atom stereocenters. The number of rotatable bonds is 5. The minimum atomic E-state index is -0.520. The van der Waals surface area contributed by atoms with Crippen LogP contribution in [0.15, 0.2) is 66.7 Å². The first-order valence-corrected chi connectivity index (χ1v) is 10.3. The molecule has 32 heavy (non-hydrogen) atoms. The maximum atomic E-state index is 12.9. The zero-order valence-electron chi connectivity index (χ0n) is 17.8. The summed E-state index contributed by atoms with van der Waals surface area (Å²) in [6, 6.07) is 20.6. The molecule has 4 aromatic rings. The number of hydrogen-bond donors (Lipinski definition) is 0. The van der Waals surface area contributed by atoms with Gasteiger partial charge in [0, 0.05) is 28.7 Å². The van der Waals surface area contributed by atoms with E-state index in [9.17, 15) is 9.59 Å². The molecule has 0 aliphatic carbocycles. The number of ketones is 1. The molecule has 0 radical (unpaired) electrons. The van der Waals surface area contributed by atoms with Crippen LogP contribution in [0.2, 0.25) is 0 Å². The number of benzene rings is 3. The minimum absolute atomic E-state index is 0.203. The van der Waals surface area contributed by atoms with E-state index in [0.717, 1.165) is 27.8 Å². The normalized spacial score (nSPS) is 12.2. The number of fused-ring (bicyclic) bond motifs is 2. The van der Waals surface area contributed by atoms with Gasteiger partial charge in [-0.2, -0.15) is 0 Å². The zero-order chi connectivity index (χ0) is 22.2. The van der Waals surface area contributed by atoms with E-state index in [-0.39, 0.29) is 19.2 Å². The summed E-state index contributed by atoms with van der Waals surface area (Å²) in [6.45, 7) is 3.68. The minimum Gasteiger partial charge on any atom is -0.454 e. The van der Waals surface area contributed by atoms with Gasteiger partial charge in [-0.3, -0.25) is 4.79 Å². The highest BCUT2D eigenvalue weighted by atomic mass is 16.7. The maximum Gasteiger partial charge on any atom is 0.338 e. The van der Waals surface area contributed by atoms with Crippen molar-refractivity contribution in [2.45, 2.75) is 13.8 Å². The highest BCUT2D eigenvalue weighted by molar-refractivity contribution is 6.01. The Morgan fingerprint density at radius 2 is 1.69 bits per heavy atom. The molecule has 0 spiro atoms. The molecule has 6 heteroatoms. The Morgan fingerprint density at radius 1 is 0.906 bits per heavy atom. The largest absolute Gasteiger partial charge is 0.454 e. The Hall–Kier alpha value is -4.06. The molecule has 0 unspecified atom stereocenters. The van der Waals surface area contributed by atoms with Crippen LogP contribution in [0, 0.1) is 13.8 Å². The van der Waals surface area contributed by atoms with Crippen LogP contribution in [0.3, 0.4) is 0 Å². The van der Waals surface area contributed by atoms with E-state index in [4.69, 9.17) is 14.2 Å². The van der Waals surface area contributed by atoms with Crippen molar-refractivity contribution in [1.82, 2.24) is 4.57 Å². The highest BCUT2D eigenvalue weighted by Gasteiger charge is 2.20. The van der Waals surface area contributed by atoms with Crippen molar-refractivity contribution in [3.63, 3.8) is 0 Å². The van der Waals surface area contributed by atoms with E-state index in [1.165, 1.54) is 0 Å². The average Bonchev–Trinajstić information content (AvgIpc) is 3.39. The molecular formula is C26H21NO5. The predicted molar refractivity (Wildman–Crippen MR) is 120 cm³/mol. The van der Waals surface area contributed by atoms with Gasteiger partial charge in [0.2, 0.25) is 12.6 Å². The van der Waals surface area contributed by atoms with Gasteiger partial charge in [-0.25, -0.2) is 4.79 Å². The highest BCUT2D eigenvalue weighted by Crippen LogP contribution is 2.35. The lowest BCUT2D eigenvalue weighted by molar-refractivity contribution is 0.0474. The SMILES string of the molecule is Cc1cc(C(=O)COC(=O)c2ccc3ccccc3c2)c(C)n1-c1ccc2c(c1)OCO2. The number of carbonyl (C=O) groups excluding carboxylic acids is 2. The number of nitrogens with zero attached hydrogens (tertiary/aromatic N) is 1. The summed E-state index contributed by atoms with van der Waals surface area (Å²) in [5, 5.41) is 1.98. The van der Waals surface area contributed by atoms with Gasteiger partial charge < -0.3 is 18.8 Å². The second kappa shape index (κ2) is 7.89. The van der Waals surface area contributed by atoms with Gasteiger partial charge in [0.1, 0.15) is 0 Å². The molecule has 2 heterocycles. The summed E-state index contributed by atoms with van der Waals surface area (Å²) in [5.41, 5.74) is 3.48. The fourth-order valence-corrected chi connectivity index (χ4v) is 4.08. The number of ether oxygens (including phenoxy) is 3. The Kier molecular flexibility index (Phi) is 4.90. The lowest BCUT2D eigenvalue weighted by atomic mass is 10.1. The number of aromatic nitrogens is 1. The van der Waals surface area contributed by atoms with Gasteiger partial charge in [-0.15, -0.1) is 0 Å². The van der Waals surface area contributed by atoms with Crippen LogP contribution in [0.5, 0.6) is 11.5 Å². The molecule has 6 nitrogen and oxygen atoms in total. The molecule has 5 rings (SSSR count). The van der Waals surface area contributed by atoms with Crippen LogP contribution in [0.25, 0.3) is 16.5 Å². The van der Waals surface area contributed by atoms with Crippen molar-refractivity contribution in [2.75, 3.05) is 13.4 Å². The van der Waals surface area contributed by atoms with Crippen LogP contribution in [0.4, 0.5) is 0 Å². The molecule has 3 aromatic carbocycles. The number of hydrogen-bond acceptors (Lipinski definition) is 5. The Balaban J connectivity index is 1.33. The molecule has 160 valence electrons. The summed E-state index contributed by atoms with van der Waals surface area (Å²) in [4.78, 5) is 25.4. The second-order valence-corrected chi connectivity index (χ2v) is 7.72. The number of esters is 1. The molecule has 0 fully saturated rings. The fourth-order valence-electron chi connectivity index (χ4n) is 4.08. The van der Waals surface area contributed by atoms with Crippen molar-refractivity contribution >= 4 is 22.5 Å². The van der Waals surface area contributed by atoms with Crippen LogP contribution in [-0.4, -0.2) is 29.7 Å². The van der Waals surface area contributed by atoms with Crippen LogP contribution in [0.1, 0.15) is 32.1 Å². The topological polar surface area (TPSA) is 66.8 Å². The zero-order valence-corrected chi connectivity index (χ0v) is 17.8. The van der Waals surface area contributed by atoms with Gasteiger partial charge in [-0.1, -0.05) is 30.3 Å². The number of aryl methyl sites for hydroxylation is 1. The summed E-state index contributed by atoms with van der Waals surface area (Å²) >= 11 is 0. The summed E-state index contributed by atoms with van der Waals surface area (Å²) in [6.07, 6.45) is 0. The standard InChI is InChI=1S/C26H21NO5/c1-16-11-22(17(2)27(16)21-9-10-24-25(13-21)32-15-31-24)23(28)14-30-26(29)20-8-7-18-5-3-4-6-19(18)12-20/h3-13H,14-15H2,1-2H3. The van der Waals surface area contributed by atoms with Crippen molar-refractivity contribution in [1.29, 1.82) is 0 Å². The van der Waals surface area contributed by atoms with Crippen LogP contribution >= 0.6 is 0 Å². The van der Waals surface area contributed by atoms with E-state index in [1.807, 2.05) is 73.0 Å². The Labute approximate surface area is 184 Å². The maximum absolute atomic E-state index is 12.9. The summed E-state index contributed by atoms with van der Waals surface area (Å²) in [5.74, 6) is 0.605. The lowest BCUT2D eigenvalue weighted by Gasteiger charge is -2.11.